The van der Waals surface area contributed by atoms with Crippen molar-refractivity contribution in [3.63, 3.8) is 0 Å². The Labute approximate surface area is 120 Å². The van der Waals surface area contributed by atoms with Crippen LogP contribution in [0.3, 0.4) is 0 Å². The van der Waals surface area contributed by atoms with E-state index >= 15 is 0 Å². The number of rotatable bonds is 3. The van der Waals surface area contributed by atoms with Gasteiger partial charge in [-0.25, -0.2) is 4.79 Å². The first-order chi connectivity index (χ1) is 10.0. The highest BCUT2D eigenvalue weighted by Gasteiger charge is 2.27. The van der Waals surface area contributed by atoms with Crippen molar-refractivity contribution in [2.75, 3.05) is 18.6 Å². The Bertz CT molecular complexity index is 802. The summed E-state index contributed by atoms with van der Waals surface area (Å²) in [6.45, 7) is 2.27. The van der Waals surface area contributed by atoms with Crippen molar-refractivity contribution < 1.29 is 9.53 Å². The molecule has 1 N–H and O–H groups in total. The summed E-state index contributed by atoms with van der Waals surface area (Å²) in [5.41, 5.74) is 1.86. The first-order valence-electron chi connectivity index (χ1n) is 6.73. The highest BCUT2D eigenvalue weighted by atomic mass is 16.5. The minimum atomic E-state index is -0.289. The molecule has 1 aliphatic rings. The number of likely N-dealkylation sites (N-methyl/N-ethyl adjacent to an activating group) is 1. The van der Waals surface area contributed by atoms with E-state index < -0.39 is 0 Å². The Balaban J connectivity index is 2.21. The highest BCUT2D eigenvalue weighted by molar-refractivity contribution is 6.04. The number of hydrogen-bond acceptors (Lipinski definition) is 4. The second-order valence-corrected chi connectivity index (χ2v) is 4.91. The molecule has 0 radical (unpaired) electrons. The lowest BCUT2D eigenvalue weighted by Crippen LogP contribution is -2.38. The molecule has 7 heteroatoms. The third kappa shape index (κ3) is 1.93. The second-order valence-electron chi connectivity index (χ2n) is 4.91. The van der Waals surface area contributed by atoms with Gasteiger partial charge in [0.25, 0.3) is 0 Å². The number of aromatic nitrogens is 2. The van der Waals surface area contributed by atoms with Crippen molar-refractivity contribution in [3.8, 4) is 0 Å². The van der Waals surface area contributed by atoms with Gasteiger partial charge in [-0.3, -0.25) is 19.3 Å². The van der Waals surface area contributed by atoms with Crippen LogP contribution in [0, 0.1) is 5.41 Å². The van der Waals surface area contributed by atoms with Crippen LogP contribution in [0.15, 0.2) is 23.0 Å². The molecule has 0 spiro atoms. The molecular weight excluding hydrogens is 272 g/mol. The van der Waals surface area contributed by atoms with Gasteiger partial charge in [0.15, 0.2) is 0 Å². The summed E-state index contributed by atoms with van der Waals surface area (Å²) in [6, 6.07) is 5.43. The quantitative estimate of drug-likeness (QED) is 0.670. The molecule has 7 nitrogen and oxygen atoms in total. The molecule has 0 atom stereocenters. The minimum Gasteiger partial charge on any atom is -0.480 e. The number of para-hydroxylation sites is 1. The molecular formula is C14H16N4O3. The van der Waals surface area contributed by atoms with E-state index in [0.29, 0.717) is 17.8 Å². The Morgan fingerprint density at radius 2 is 2.14 bits per heavy atom. The zero-order valence-electron chi connectivity index (χ0n) is 11.9. The summed E-state index contributed by atoms with van der Waals surface area (Å²) < 4.78 is 8.06. The molecule has 21 heavy (non-hydrogen) atoms. The average Bonchev–Trinajstić information content (AvgIpc) is 2.71. The predicted octanol–water partition coefficient (Wildman–Crippen LogP) is 0.793. The smallest absolute Gasteiger partial charge is 0.330 e. The van der Waals surface area contributed by atoms with Crippen LogP contribution in [-0.2, 0) is 22.6 Å². The molecule has 0 aliphatic carbocycles. The van der Waals surface area contributed by atoms with Crippen molar-refractivity contribution in [2.24, 2.45) is 0 Å². The highest BCUT2D eigenvalue weighted by Crippen LogP contribution is 2.29. The Morgan fingerprint density at radius 1 is 1.38 bits per heavy atom. The van der Waals surface area contributed by atoms with Gasteiger partial charge in [-0.1, -0.05) is 6.07 Å². The predicted molar refractivity (Wildman–Crippen MR) is 79.0 cm³/mol. The second kappa shape index (κ2) is 4.76. The van der Waals surface area contributed by atoms with E-state index in [4.69, 9.17) is 10.1 Å². The van der Waals surface area contributed by atoms with Crippen LogP contribution in [-0.4, -0.2) is 34.6 Å². The van der Waals surface area contributed by atoms with Gasteiger partial charge < -0.3 is 9.64 Å². The van der Waals surface area contributed by atoms with Crippen molar-refractivity contribution in [3.05, 3.63) is 28.7 Å². The number of carbonyl (C=O) groups excluding carboxylic acids is 1. The summed E-state index contributed by atoms with van der Waals surface area (Å²) in [5, 5.41) is 7.74. The first-order valence-corrected chi connectivity index (χ1v) is 6.73. The van der Waals surface area contributed by atoms with E-state index in [2.05, 4.69) is 0 Å². The molecule has 1 amide bonds. The van der Waals surface area contributed by atoms with Crippen molar-refractivity contribution in [2.45, 2.75) is 20.0 Å². The number of ether oxygens (including phenoxy) is 1. The molecule has 0 unspecified atom stereocenters. The SMILES string of the molecule is CCOC(=N)Cn1c(=O)n2c3c(cccc31)N(C)C(=O)C2. The standard InChI is InChI=1S/C14H16N4O3/c1-3-21-11(15)7-17-10-6-4-5-9-13(10)18(14(17)20)8-12(19)16(9)2/h4-6,15H,3,7-8H2,1-2H3. The van der Waals surface area contributed by atoms with Gasteiger partial charge in [0.2, 0.25) is 11.8 Å². The maximum atomic E-state index is 12.5. The molecule has 0 saturated carbocycles. The monoisotopic (exact) mass is 288 g/mol. The normalized spacial score (nSPS) is 13.8. The number of carbonyl (C=O) groups is 1. The Hall–Kier alpha value is -2.57. The molecule has 0 saturated heterocycles. The van der Waals surface area contributed by atoms with Crippen LogP contribution in [0.25, 0.3) is 11.0 Å². The van der Waals surface area contributed by atoms with Crippen molar-refractivity contribution in [1.82, 2.24) is 9.13 Å². The van der Waals surface area contributed by atoms with Gasteiger partial charge in [0, 0.05) is 7.05 Å². The van der Waals surface area contributed by atoms with Crippen LogP contribution >= 0.6 is 0 Å². The lowest BCUT2D eigenvalue weighted by Gasteiger charge is -2.23. The fourth-order valence-corrected chi connectivity index (χ4v) is 2.67. The van der Waals surface area contributed by atoms with Gasteiger partial charge >= 0.3 is 5.69 Å². The molecule has 2 heterocycles. The number of imidazole rings is 1. The van der Waals surface area contributed by atoms with Crippen LogP contribution in [0.4, 0.5) is 5.69 Å². The molecule has 2 aromatic rings. The molecule has 1 aromatic carbocycles. The maximum absolute atomic E-state index is 12.5. The van der Waals surface area contributed by atoms with Crippen LogP contribution in [0.5, 0.6) is 0 Å². The van der Waals surface area contributed by atoms with Crippen LogP contribution in [0.2, 0.25) is 0 Å². The molecule has 0 bridgehead atoms. The van der Waals surface area contributed by atoms with E-state index in [0.717, 1.165) is 5.52 Å². The zero-order valence-corrected chi connectivity index (χ0v) is 11.9. The summed E-state index contributed by atoms with van der Waals surface area (Å²) in [5.74, 6) is -0.0993. The summed E-state index contributed by atoms with van der Waals surface area (Å²) in [4.78, 5) is 26.0. The van der Waals surface area contributed by atoms with Gasteiger partial charge in [0.1, 0.15) is 13.1 Å². The fraction of sp³-hybridized carbons (Fsp3) is 0.357. The lowest BCUT2D eigenvalue weighted by molar-refractivity contribution is -0.119. The maximum Gasteiger partial charge on any atom is 0.330 e. The molecule has 110 valence electrons. The lowest BCUT2D eigenvalue weighted by atomic mass is 10.2. The number of hydrogen-bond donors (Lipinski definition) is 1. The van der Waals surface area contributed by atoms with E-state index in [1.165, 1.54) is 9.13 Å². The number of nitrogens with zero attached hydrogens (tertiary/aromatic N) is 3. The summed E-state index contributed by atoms with van der Waals surface area (Å²) in [6.07, 6.45) is 0. The Morgan fingerprint density at radius 3 is 2.86 bits per heavy atom. The van der Waals surface area contributed by atoms with Gasteiger partial charge in [-0.05, 0) is 19.1 Å². The number of nitrogens with one attached hydrogen (secondary N) is 1. The summed E-state index contributed by atoms with van der Waals surface area (Å²) >= 11 is 0. The van der Waals surface area contributed by atoms with Crippen LogP contribution in [0.1, 0.15) is 6.92 Å². The van der Waals surface area contributed by atoms with Crippen molar-refractivity contribution >= 4 is 28.5 Å². The summed E-state index contributed by atoms with van der Waals surface area (Å²) in [7, 11) is 1.70. The number of anilines is 1. The third-order valence-corrected chi connectivity index (χ3v) is 3.67. The number of benzene rings is 1. The minimum absolute atomic E-state index is 0.0256. The molecule has 1 aromatic heterocycles. The largest absolute Gasteiger partial charge is 0.480 e. The van der Waals surface area contributed by atoms with Gasteiger partial charge in [-0.2, -0.15) is 0 Å². The molecule has 3 rings (SSSR count). The van der Waals surface area contributed by atoms with E-state index in [-0.39, 0.29) is 30.6 Å². The number of amides is 1. The first kappa shape index (κ1) is 13.4. The fourth-order valence-electron chi connectivity index (χ4n) is 2.67. The Kier molecular flexibility index (Phi) is 3.04. The molecule has 0 fully saturated rings. The van der Waals surface area contributed by atoms with Gasteiger partial charge in [0.05, 0.1) is 23.3 Å². The van der Waals surface area contributed by atoms with E-state index in [1.54, 1.807) is 24.9 Å². The molecule has 1 aliphatic heterocycles. The average molecular weight is 288 g/mol. The van der Waals surface area contributed by atoms with Crippen LogP contribution < -0.4 is 10.6 Å². The zero-order chi connectivity index (χ0) is 15.1. The topological polar surface area (TPSA) is 80.3 Å². The third-order valence-electron chi connectivity index (χ3n) is 3.67. The van der Waals surface area contributed by atoms with Gasteiger partial charge in [-0.15, -0.1) is 0 Å². The van der Waals surface area contributed by atoms with Crippen molar-refractivity contribution in [1.29, 1.82) is 5.41 Å². The van der Waals surface area contributed by atoms with E-state index in [9.17, 15) is 9.59 Å². The van der Waals surface area contributed by atoms with E-state index in [1.807, 2.05) is 12.1 Å².